The number of anilines is 1. The number of H-pyrrole nitrogens is 2. The SMILES string of the molecule is CCOC(=O)Oc1c[nH]c2c(=O)[nH]c3ccc(S(=O)(=O)Nc4cccc(C)c4)cc3c12. The number of nitrogens with one attached hydrogen (secondary N) is 3. The summed E-state index contributed by atoms with van der Waals surface area (Å²) in [5, 5.41) is 0.668. The molecule has 2 heterocycles. The number of aromatic amines is 2. The Morgan fingerprint density at radius 2 is 1.97 bits per heavy atom. The molecule has 0 saturated carbocycles. The Morgan fingerprint density at radius 1 is 1.16 bits per heavy atom. The minimum atomic E-state index is -3.91. The monoisotopic (exact) mass is 441 g/mol. The molecular weight excluding hydrogens is 422 g/mol. The second-order valence-corrected chi connectivity index (χ2v) is 8.51. The van der Waals surface area contributed by atoms with Gasteiger partial charge in [-0.2, -0.15) is 0 Å². The van der Waals surface area contributed by atoms with Gasteiger partial charge in [-0.3, -0.25) is 9.52 Å². The minimum Gasteiger partial charge on any atom is -0.434 e. The summed E-state index contributed by atoms with van der Waals surface area (Å²) in [7, 11) is -3.91. The van der Waals surface area contributed by atoms with Crippen LogP contribution in [0.4, 0.5) is 10.5 Å². The van der Waals surface area contributed by atoms with Gasteiger partial charge in [0.1, 0.15) is 5.52 Å². The molecule has 31 heavy (non-hydrogen) atoms. The van der Waals surface area contributed by atoms with E-state index >= 15 is 0 Å². The number of fused-ring (bicyclic) bond motifs is 3. The van der Waals surface area contributed by atoms with E-state index in [1.807, 2.05) is 13.0 Å². The Bertz CT molecular complexity index is 1470. The number of benzene rings is 2. The van der Waals surface area contributed by atoms with Crippen molar-refractivity contribution in [3.05, 3.63) is 64.6 Å². The Kier molecular flexibility index (Phi) is 5.15. The molecular formula is C21H19N3O6S. The molecule has 0 aliphatic heterocycles. The Labute approximate surface area is 177 Å². The number of carbonyl (C=O) groups is 1. The molecule has 0 bridgehead atoms. The highest BCUT2D eigenvalue weighted by atomic mass is 32.2. The second kappa shape index (κ2) is 7.80. The molecule has 0 atom stereocenters. The lowest BCUT2D eigenvalue weighted by Crippen LogP contribution is -2.13. The highest BCUT2D eigenvalue weighted by molar-refractivity contribution is 7.92. The maximum absolute atomic E-state index is 12.9. The third-order valence-electron chi connectivity index (χ3n) is 4.62. The first kappa shape index (κ1) is 20.5. The number of hydrogen-bond donors (Lipinski definition) is 3. The highest BCUT2D eigenvalue weighted by Gasteiger charge is 2.20. The molecule has 4 rings (SSSR count). The zero-order chi connectivity index (χ0) is 22.2. The predicted molar refractivity (Wildman–Crippen MR) is 116 cm³/mol. The number of carbonyl (C=O) groups excluding carboxylic acids is 1. The largest absolute Gasteiger partial charge is 0.513 e. The van der Waals surface area contributed by atoms with E-state index in [4.69, 9.17) is 9.47 Å². The van der Waals surface area contributed by atoms with Crippen LogP contribution in [0.15, 0.2) is 58.4 Å². The molecule has 0 unspecified atom stereocenters. The van der Waals surface area contributed by atoms with Crippen LogP contribution >= 0.6 is 0 Å². The van der Waals surface area contributed by atoms with E-state index in [-0.39, 0.29) is 28.2 Å². The first-order chi connectivity index (χ1) is 14.8. The molecule has 4 aromatic rings. The van der Waals surface area contributed by atoms with Crippen LogP contribution < -0.4 is 15.0 Å². The van der Waals surface area contributed by atoms with Crippen molar-refractivity contribution >= 4 is 43.7 Å². The van der Waals surface area contributed by atoms with Crippen molar-refractivity contribution in [1.82, 2.24) is 9.97 Å². The van der Waals surface area contributed by atoms with Crippen LogP contribution in [0.25, 0.3) is 21.8 Å². The summed E-state index contributed by atoms with van der Waals surface area (Å²) < 4.78 is 38.4. The van der Waals surface area contributed by atoms with E-state index in [9.17, 15) is 18.0 Å². The molecule has 0 spiro atoms. The van der Waals surface area contributed by atoms with Crippen molar-refractivity contribution in [1.29, 1.82) is 0 Å². The normalized spacial score (nSPS) is 11.5. The Hall–Kier alpha value is -3.79. The van der Waals surface area contributed by atoms with E-state index in [2.05, 4.69) is 14.7 Å². The summed E-state index contributed by atoms with van der Waals surface area (Å²) >= 11 is 0. The standard InChI is InChI=1S/C21H19N3O6S/c1-3-29-21(26)30-17-11-22-19-18(17)15-10-14(7-8-16(15)23-20(19)25)31(27,28)24-13-6-4-5-12(2)9-13/h4-11,22,24H,3H2,1-2H3,(H,23,25). The fourth-order valence-corrected chi connectivity index (χ4v) is 4.36. The lowest BCUT2D eigenvalue weighted by molar-refractivity contribution is 0.105. The quantitative estimate of drug-likeness (QED) is 0.405. The van der Waals surface area contributed by atoms with Gasteiger partial charge in [-0.25, -0.2) is 13.2 Å². The summed E-state index contributed by atoms with van der Waals surface area (Å²) in [6.45, 7) is 3.61. The topological polar surface area (TPSA) is 130 Å². The van der Waals surface area contributed by atoms with Gasteiger partial charge in [-0.1, -0.05) is 12.1 Å². The second-order valence-electron chi connectivity index (χ2n) is 6.82. The van der Waals surface area contributed by atoms with Crippen molar-refractivity contribution in [2.75, 3.05) is 11.3 Å². The molecule has 0 fully saturated rings. The van der Waals surface area contributed by atoms with Crippen LogP contribution in [-0.4, -0.2) is 31.1 Å². The summed E-state index contributed by atoms with van der Waals surface area (Å²) in [5.41, 5.74) is 1.44. The average Bonchev–Trinajstić information content (AvgIpc) is 3.12. The molecule has 0 radical (unpaired) electrons. The number of rotatable bonds is 5. The minimum absolute atomic E-state index is 0.0156. The molecule has 0 aliphatic rings. The number of sulfonamides is 1. The van der Waals surface area contributed by atoms with Crippen LogP contribution in [0.2, 0.25) is 0 Å². The van der Waals surface area contributed by atoms with Crippen LogP contribution in [0.1, 0.15) is 12.5 Å². The molecule has 0 amide bonds. The third kappa shape index (κ3) is 3.97. The van der Waals surface area contributed by atoms with Gasteiger partial charge in [-0.15, -0.1) is 0 Å². The van der Waals surface area contributed by atoms with Gasteiger partial charge in [0, 0.05) is 22.8 Å². The molecule has 2 aromatic heterocycles. The van der Waals surface area contributed by atoms with Gasteiger partial charge >= 0.3 is 6.16 Å². The first-order valence-corrected chi connectivity index (χ1v) is 10.9. The lowest BCUT2D eigenvalue weighted by Gasteiger charge is -2.10. The molecule has 0 aliphatic carbocycles. The zero-order valence-corrected chi connectivity index (χ0v) is 17.5. The number of aryl methyl sites for hydroxylation is 1. The smallest absolute Gasteiger partial charge is 0.434 e. The molecule has 10 heteroatoms. The summed E-state index contributed by atoms with van der Waals surface area (Å²) in [5.74, 6) is 0.0609. The van der Waals surface area contributed by atoms with Crippen LogP contribution in [0.3, 0.4) is 0 Å². The van der Waals surface area contributed by atoms with E-state index in [0.29, 0.717) is 16.6 Å². The van der Waals surface area contributed by atoms with Crippen LogP contribution in [0, 0.1) is 6.92 Å². The van der Waals surface area contributed by atoms with Gasteiger partial charge in [0.05, 0.1) is 16.9 Å². The van der Waals surface area contributed by atoms with Crippen LogP contribution in [-0.2, 0) is 14.8 Å². The molecule has 2 aromatic carbocycles. The Balaban J connectivity index is 1.84. The third-order valence-corrected chi connectivity index (χ3v) is 5.99. The maximum atomic E-state index is 12.9. The van der Waals surface area contributed by atoms with Crippen molar-refractivity contribution in [3.8, 4) is 5.75 Å². The fourth-order valence-electron chi connectivity index (χ4n) is 3.28. The van der Waals surface area contributed by atoms with Crippen molar-refractivity contribution < 1.29 is 22.7 Å². The van der Waals surface area contributed by atoms with E-state index in [1.165, 1.54) is 24.4 Å². The maximum Gasteiger partial charge on any atom is 0.513 e. The zero-order valence-electron chi connectivity index (χ0n) is 16.7. The number of pyridine rings is 1. The van der Waals surface area contributed by atoms with Crippen molar-refractivity contribution in [2.24, 2.45) is 0 Å². The highest BCUT2D eigenvalue weighted by Crippen LogP contribution is 2.32. The summed E-state index contributed by atoms with van der Waals surface area (Å²) in [4.78, 5) is 29.6. The summed E-state index contributed by atoms with van der Waals surface area (Å²) in [6, 6.07) is 11.3. The van der Waals surface area contributed by atoms with E-state index in [1.54, 1.807) is 25.1 Å². The van der Waals surface area contributed by atoms with Crippen molar-refractivity contribution in [2.45, 2.75) is 18.7 Å². The fraction of sp³-hybridized carbons (Fsp3) is 0.143. The van der Waals surface area contributed by atoms with Crippen molar-refractivity contribution in [3.63, 3.8) is 0 Å². The molecule has 0 saturated heterocycles. The number of aromatic nitrogens is 2. The van der Waals surface area contributed by atoms with E-state index < -0.39 is 21.7 Å². The summed E-state index contributed by atoms with van der Waals surface area (Å²) in [6.07, 6.45) is 0.421. The Morgan fingerprint density at radius 3 is 2.71 bits per heavy atom. The molecule has 3 N–H and O–H groups in total. The van der Waals surface area contributed by atoms with Gasteiger partial charge in [-0.05, 0) is 49.7 Å². The van der Waals surface area contributed by atoms with Gasteiger partial charge in [0.2, 0.25) is 0 Å². The van der Waals surface area contributed by atoms with Gasteiger partial charge < -0.3 is 19.4 Å². The lowest BCUT2D eigenvalue weighted by atomic mass is 10.1. The molecule has 160 valence electrons. The van der Waals surface area contributed by atoms with Gasteiger partial charge in [0.15, 0.2) is 5.75 Å². The van der Waals surface area contributed by atoms with E-state index in [0.717, 1.165) is 5.56 Å². The van der Waals surface area contributed by atoms with Crippen LogP contribution in [0.5, 0.6) is 5.75 Å². The molecule has 9 nitrogen and oxygen atoms in total. The first-order valence-electron chi connectivity index (χ1n) is 9.39. The average molecular weight is 441 g/mol. The predicted octanol–water partition coefficient (Wildman–Crippen LogP) is 3.65. The van der Waals surface area contributed by atoms with Gasteiger partial charge in [0.25, 0.3) is 15.6 Å². The number of hydrogen-bond acceptors (Lipinski definition) is 6. The number of ether oxygens (including phenoxy) is 2.